The number of carbonyl (C=O) groups excluding carboxylic acids is 2. The number of hydrogen-bond donors (Lipinski definition) is 0. The van der Waals surface area contributed by atoms with Crippen LogP contribution in [-0.4, -0.2) is 37.9 Å². The molecule has 0 amide bonds. The Bertz CT molecular complexity index is 720. The molecule has 0 rings (SSSR count). The molecular weight excluding hydrogens is 620 g/mol. The monoisotopic (exact) mass is 707 g/mol. The van der Waals surface area contributed by atoms with Gasteiger partial charge in [0.05, 0.1) is 6.61 Å². The molecule has 1 unspecified atom stereocenters. The van der Waals surface area contributed by atoms with Crippen molar-refractivity contribution in [1.29, 1.82) is 0 Å². The minimum absolute atomic E-state index is 0.0911. The number of allylic oxidation sites excluding steroid dienone is 2. The molecule has 0 aromatic carbocycles. The van der Waals surface area contributed by atoms with E-state index in [1.54, 1.807) is 0 Å². The van der Waals surface area contributed by atoms with Crippen LogP contribution in [0.5, 0.6) is 0 Å². The van der Waals surface area contributed by atoms with Crippen molar-refractivity contribution in [1.82, 2.24) is 0 Å². The topological polar surface area (TPSA) is 61.8 Å². The molecule has 0 saturated carbocycles. The lowest BCUT2D eigenvalue weighted by molar-refractivity contribution is -0.163. The average Bonchev–Trinajstić information content (AvgIpc) is 3.11. The normalized spacial score (nSPS) is 12.1. The number of unbranched alkanes of at least 4 members (excludes halogenated alkanes) is 28. The fourth-order valence-corrected chi connectivity index (χ4v) is 6.45. The molecule has 0 aliphatic carbocycles. The predicted octanol–water partition coefficient (Wildman–Crippen LogP) is 14.3. The molecule has 0 aromatic heterocycles. The van der Waals surface area contributed by atoms with Gasteiger partial charge in [-0.05, 0) is 44.9 Å². The van der Waals surface area contributed by atoms with E-state index < -0.39 is 6.10 Å². The van der Waals surface area contributed by atoms with Crippen molar-refractivity contribution in [2.75, 3.05) is 19.8 Å². The largest absolute Gasteiger partial charge is 0.462 e. The van der Waals surface area contributed by atoms with E-state index in [1.165, 1.54) is 167 Å². The van der Waals surface area contributed by atoms with Crippen molar-refractivity contribution in [2.24, 2.45) is 0 Å². The van der Waals surface area contributed by atoms with Gasteiger partial charge in [-0.25, -0.2) is 0 Å². The van der Waals surface area contributed by atoms with E-state index in [1.807, 2.05) is 0 Å². The highest BCUT2D eigenvalue weighted by Crippen LogP contribution is 2.14. The van der Waals surface area contributed by atoms with Gasteiger partial charge in [0.1, 0.15) is 6.61 Å². The molecule has 0 saturated heterocycles. The van der Waals surface area contributed by atoms with Gasteiger partial charge in [-0.15, -0.1) is 0 Å². The summed E-state index contributed by atoms with van der Waals surface area (Å²) < 4.78 is 17.2. The minimum Gasteiger partial charge on any atom is -0.462 e. The van der Waals surface area contributed by atoms with Gasteiger partial charge in [0.15, 0.2) is 6.10 Å². The first-order chi connectivity index (χ1) is 24.6. The van der Waals surface area contributed by atoms with E-state index in [0.717, 1.165) is 38.5 Å². The Labute approximate surface area is 312 Å². The Balaban J connectivity index is 3.95. The zero-order valence-corrected chi connectivity index (χ0v) is 33.9. The molecule has 0 aromatic rings. The second-order valence-electron chi connectivity index (χ2n) is 15.0. The van der Waals surface area contributed by atoms with E-state index in [4.69, 9.17) is 14.2 Å². The molecule has 1 atom stereocenters. The van der Waals surface area contributed by atoms with Gasteiger partial charge in [-0.3, -0.25) is 9.59 Å². The molecule has 5 heteroatoms. The fourth-order valence-electron chi connectivity index (χ4n) is 6.45. The Morgan fingerprint density at radius 2 is 0.780 bits per heavy atom. The van der Waals surface area contributed by atoms with Gasteiger partial charge in [0.2, 0.25) is 0 Å². The molecule has 0 fully saturated rings. The number of ether oxygens (including phenoxy) is 3. The molecule has 0 N–H and O–H groups in total. The van der Waals surface area contributed by atoms with E-state index in [9.17, 15) is 9.59 Å². The zero-order valence-electron chi connectivity index (χ0n) is 33.9. The third kappa shape index (κ3) is 39.4. The van der Waals surface area contributed by atoms with Gasteiger partial charge in [0.25, 0.3) is 0 Å². The molecule has 296 valence electrons. The van der Waals surface area contributed by atoms with Crippen LogP contribution in [0.15, 0.2) is 12.2 Å². The number of rotatable bonds is 41. The second-order valence-corrected chi connectivity index (χ2v) is 15.0. The molecule has 0 radical (unpaired) electrons. The van der Waals surface area contributed by atoms with Crippen molar-refractivity contribution in [3.63, 3.8) is 0 Å². The van der Waals surface area contributed by atoms with Gasteiger partial charge >= 0.3 is 11.9 Å². The maximum Gasteiger partial charge on any atom is 0.306 e. The predicted molar refractivity (Wildman–Crippen MR) is 215 cm³/mol. The second kappa shape index (κ2) is 42.1. The van der Waals surface area contributed by atoms with Crippen molar-refractivity contribution in [3.8, 4) is 0 Å². The van der Waals surface area contributed by atoms with Crippen LogP contribution in [0.1, 0.15) is 239 Å². The lowest BCUT2D eigenvalue weighted by Crippen LogP contribution is -2.30. The first kappa shape index (κ1) is 48.6. The molecule has 5 nitrogen and oxygen atoms in total. The summed E-state index contributed by atoms with van der Waals surface area (Å²) in [5, 5.41) is 0. The van der Waals surface area contributed by atoms with Crippen LogP contribution >= 0.6 is 0 Å². The van der Waals surface area contributed by atoms with Crippen molar-refractivity contribution >= 4 is 11.9 Å². The summed E-state index contributed by atoms with van der Waals surface area (Å²) in [5.74, 6) is -0.402. The molecule has 0 aliphatic heterocycles. The standard InChI is InChI=1S/C45H86O5/c1-4-7-10-13-15-17-18-19-20-21-22-23-24-25-26-27-29-31-34-37-40-48-41-43(50-45(47)39-36-32-12-9-6-3)42-49-44(46)38-35-33-30-28-16-14-11-8-5-2/h19-20,43H,4-18,21-42H2,1-3H3/b20-19-. The van der Waals surface area contributed by atoms with Crippen LogP contribution in [0.4, 0.5) is 0 Å². The summed E-state index contributed by atoms with van der Waals surface area (Å²) in [5.41, 5.74) is 0. The third-order valence-electron chi connectivity index (χ3n) is 9.80. The van der Waals surface area contributed by atoms with Crippen LogP contribution in [0.2, 0.25) is 0 Å². The number of hydrogen-bond acceptors (Lipinski definition) is 5. The molecule has 0 aliphatic rings. The van der Waals surface area contributed by atoms with Gasteiger partial charge in [0, 0.05) is 19.4 Å². The molecule has 0 spiro atoms. The van der Waals surface area contributed by atoms with Crippen molar-refractivity contribution in [3.05, 3.63) is 12.2 Å². The van der Waals surface area contributed by atoms with E-state index in [0.29, 0.717) is 26.1 Å². The highest BCUT2D eigenvalue weighted by Gasteiger charge is 2.17. The third-order valence-corrected chi connectivity index (χ3v) is 9.80. The minimum atomic E-state index is -0.522. The van der Waals surface area contributed by atoms with E-state index >= 15 is 0 Å². The summed E-state index contributed by atoms with van der Waals surface area (Å²) in [6.45, 7) is 7.76. The SMILES string of the molecule is CCCCCCCC/C=C\CCCCCCCCCCCCOCC(COC(=O)CCCCCCCCCCC)OC(=O)CCCCCCC. The Morgan fingerprint density at radius 1 is 0.420 bits per heavy atom. The highest BCUT2D eigenvalue weighted by atomic mass is 16.6. The molecule has 0 heterocycles. The Hall–Kier alpha value is -1.36. The van der Waals surface area contributed by atoms with E-state index in [-0.39, 0.29) is 18.5 Å². The Morgan fingerprint density at radius 3 is 1.22 bits per heavy atom. The zero-order chi connectivity index (χ0) is 36.4. The molecular formula is C45H86O5. The summed E-state index contributed by atoms with van der Waals surface area (Å²) >= 11 is 0. The van der Waals surface area contributed by atoms with Gasteiger partial charge in [-0.1, -0.05) is 193 Å². The smallest absolute Gasteiger partial charge is 0.306 e. The summed E-state index contributed by atoms with van der Waals surface area (Å²) in [6, 6.07) is 0. The first-order valence-electron chi connectivity index (χ1n) is 22.2. The molecule has 0 bridgehead atoms. The van der Waals surface area contributed by atoms with Crippen LogP contribution < -0.4 is 0 Å². The van der Waals surface area contributed by atoms with Gasteiger partial charge < -0.3 is 14.2 Å². The van der Waals surface area contributed by atoms with Crippen LogP contribution in [0.25, 0.3) is 0 Å². The number of carbonyl (C=O) groups is 2. The summed E-state index contributed by atoms with van der Waals surface area (Å²) in [4.78, 5) is 24.9. The Kier molecular flexibility index (Phi) is 40.9. The van der Waals surface area contributed by atoms with Crippen molar-refractivity contribution < 1.29 is 23.8 Å². The van der Waals surface area contributed by atoms with Crippen LogP contribution in [0.3, 0.4) is 0 Å². The fraction of sp³-hybridized carbons (Fsp3) is 0.911. The maximum atomic E-state index is 12.5. The maximum absolute atomic E-state index is 12.5. The lowest BCUT2D eigenvalue weighted by atomic mass is 10.1. The van der Waals surface area contributed by atoms with Crippen LogP contribution in [0, 0.1) is 0 Å². The van der Waals surface area contributed by atoms with Crippen molar-refractivity contribution in [2.45, 2.75) is 245 Å². The van der Waals surface area contributed by atoms with Gasteiger partial charge in [-0.2, -0.15) is 0 Å². The number of esters is 2. The summed E-state index contributed by atoms with van der Waals surface area (Å²) in [6.07, 6.45) is 45.3. The summed E-state index contributed by atoms with van der Waals surface area (Å²) in [7, 11) is 0. The molecule has 50 heavy (non-hydrogen) atoms. The average molecular weight is 707 g/mol. The van der Waals surface area contributed by atoms with Crippen LogP contribution in [-0.2, 0) is 23.8 Å². The quantitative estimate of drug-likeness (QED) is 0.0360. The first-order valence-corrected chi connectivity index (χ1v) is 22.2. The highest BCUT2D eigenvalue weighted by molar-refractivity contribution is 5.70. The van der Waals surface area contributed by atoms with E-state index in [2.05, 4.69) is 32.9 Å². The lowest BCUT2D eigenvalue weighted by Gasteiger charge is -2.18.